The second kappa shape index (κ2) is 18.3. The second-order valence-electron chi connectivity index (χ2n) is 0.436. The van der Waals surface area contributed by atoms with Crippen molar-refractivity contribution in [2.75, 3.05) is 6.16 Å². The Balaban J connectivity index is 0. The molecule has 0 radical (unpaired) electrons. The summed E-state index contributed by atoms with van der Waals surface area (Å²) in [5.41, 5.74) is 0. The van der Waals surface area contributed by atoms with E-state index in [1.165, 1.54) is 0 Å². The third kappa shape index (κ3) is 26.6. The molecule has 0 spiro atoms. The van der Waals surface area contributed by atoms with Crippen molar-refractivity contribution in [3.05, 3.63) is 0 Å². The number of hydrogen-bond donors (Lipinski definition) is 0. The van der Waals surface area contributed by atoms with Gasteiger partial charge in [-0.25, -0.2) is 4.20 Å². The van der Waals surface area contributed by atoms with Gasteiger partial charge >= 0.3 is 0 Å². The fraction of sp³-hybridized carbons (Fsp3) is 1.00. The average Bonchev–Trinajstić information content (AvgIpc) is 1.73. The van der Waals surface area contributed by atoms with Crippen molar-refractivity contribution in [2.45, 2.75) is 20.8 Å². The fourth-order valence-electron chi connectivity index (χ4n) is 0. The minimum atomic E-state index is -1.85. The lowest BCUT2D eigenvalue weighted by Gasteiger charge is -1.64. The molecular weight excluding hydrogens is 98.0 g/mol. The maximum Gasteiger partial charge on any atom is 0.0943 e. The van der Waals surface area contributed by atoms with Gasteiger partial charge in [-0.1, -0.05) is 20.8 Å². The van der Waals surface area contributed by atoms with E-state index in [-0.39, 0.29) is 0 Å². The van der Waals surface area contributed by atoms with Crippen LogP contribution in [-0.2, 0) is 0 Å². The van der Waals surface area contributed by atoms with E-state index < -0.39 is 8.84 Å². The van der Waals surface area contributed by atoms with Gasteiger partial charge in [-0.2, -0.15) is 0 Å². The van der Waals surface area contributed by atoms with Gasteiger partial charge in [-0.3, -0.25) is 0 Å². The molecule has 0 aliphatic rings. The molecular formula is C4H12FP. The zero-order valence-electron chi connectivity index (χ0n) is 5.53. The van der Waals surface area contributed by atoms with E-state index in [4.69, 9.17) is 1.28 Å². The quantitative estimate of drug-likeness (QED) is 0.457. The van der Waals surface area contributed by atoms with Crippen LogP contribution in [-0.4, -0.2) is 7.44 Å². The van der Waals surface area contributed by atoms with Gasteiger partial charge in [0.15, 0.2) is 0 Å². The Morgan fingerprint density at radius 3 is 2.00 bits per heavy atom. The number of halogens is 1. The summed E-state index contributed by atoms with van der Waals surface area (Å²) in [5.74, 6) is 0. The second-order valence-corrected chi connectivity index (χ2v) is 1.31. The molecule has 0 fully saturated rings. The van der Waals surface area contributed by atoms with Crippen LogP contribution < -0.4 is 0 Å². The molecule has 0 heterocycles. The van der Waals surface area contributed by atoms with E-state index in [1.807, 2.05) is 13.8 Å². The molecule has 0 saturated heterocycles. The molecule has 6 heavy (non-hydrogen) atoms. The van der Waals surface area contributed by atoms with Crippen LogP contribution in [0.3, 0.4) is 0 Å². The van der Waals surface area contributed by atoms with Crippen molar-refractivity contribution in [3.63, 3.8) is 0 Å². The topological polar surface area (TPSA) is 0 Å². The molecule has 0 bridgehead atoms. The molecule has 1 unspecified atom stereocenters. The van der Waals surface area contributed by atoms with Gasteiger partial charge in [-0.05, 0) is 6.16 Å². The van der Waals surface area contributed by atoms with Crippen molar-refractivity contribution >= 4 is 8.84 Å². The molecule has 2 heteroatoms. The van der Waals surface area contributed by atoms with E-state index in [2.05, 4.69) is 0 Å². The molecule has 0 nitrogen and oxygen atoms in total. The van der Waals surface area contributed by atoms with Gasteiger partial charge < -0.3 is 0 Å². The van der Waals surface area contributed by atoms with Crippen LogP contribution in [0.4, 0.5) is 4.20 Å². The van der Waals surface area contributed by atoms with Crippen LogP contribution in [0.2, 0.25) is 0 Å². The predicted octanol–water partition coefficient (Wildman–Crippen LogP) is 2.60. The van der Waals surface area contributed by atoms with Crippen LogP contribution in [0.15, 0.2) is 0 Å². The monoisotopic (exact) mass is 112 g/mol. The highest BCUT2D eigenvalue weighted by molar-refractivity contribution is 7.31. The summed E-state index contributed by atoms with van der Waals surface area (Å²) in [5, 5.41) is 0. The maximum absolute atomic E-state index is 11.2. The van der Waals surface area contributed by atoms with E-state index >= 15 is 0 Å². The summed E-state index contributed by atoms with van der Waals surface area (Å²) >= 11 is 0. The molecule has 0 amide bonds. The summed E-state index contributed by atoms with van der Waals surface area (Å²) in [6, 6.07) is 0. The summed E-state index contributed by atoms with van der Waals surface area (Å²) in [7, 11) is -1.85. The summed E-state index contributed by atoms with van der Waals surface area (Å²) in [6.07, 6.45) is 0.370. The minimum Gasteiger partial charge on any atom is -0.231 e. The van der Waals surface area contributed by atoms with Gasteiger partial charge in [0.25, 0.3) is 0 Å². The van der Waals surface area contributed by atoms with Crippen LogP contribution in [0.5, 0.6) is 0 Å². The van der Waals surface area contributed by atoms with Crippen molar-refractivity contribution in [2.24, 2.45) is 0 Å². The van der Waals surface area contributed by atoms with Crippen LogP contribution in [0.1, 0.15) is 20.8 Å². The zero-order valence-corrected chi connectivity index (χ0v) is 5.43. The fourth-order valence-corrected chi connectivity index (χ4v) is 0. The number of rotatable bonds is 1. The number of hydrogen-bond acceptors (Lipinski definition) is 0. The molecule has 0 aromatic rings. The largest absolute Gasteiger partial charge is 0.231 e. The van der Waals surface area contributed by atoms with Gasteiger partial charge in [0.05, 0.1) is 10.1 Å². The minimum absolute atomic E-state index is 0.370. The Morgan fingerprint density at radius 1 is 1.83 bits per heavy atom. The lowest BCUT2D eigenvalue weighted by Crippen LogP contribution is -1.42. The normalized spacial score (nSPS) is 13.7. The third-order valence-electron chi connectivity index (χ3n) is 0.120. The lowest BCUT2D eigenvalue weighted by atomic mass is 11.0. The van der Waals surface area contributed by atoms with E-state index in [1.54, 1.807) is 6.92 Å². The molecule has 40 valence electrons. The first kappa shape index (κ1) is 6.36. The first-order valence-corrected chi connectivity index (χ1v) is 3.16. The Hall–Kier alpha value is 0.360. The molecule has 0 saturated carbocycles. The molecule has 0 aromatic heterocycles. The Kier molecular flexibility index (Phi) is 19.4. The average molecular weight is 112 g/mol. The predicted molar refractivity (Wildman–Crippen MR) is 31.3 cm³/mol. The van der Waals surface area contributed by atoms with Crippen LogP contribution in [0.25, 0.3) is 0 Å². The van der Waals surface area contributed by atoms with Crippen molar-refractivity contribution in [1.82, 2.24) is 0 Å². The van der Waals surface area contributed by atoms with Gasteiger partial charge in [0, 0.05) is 0 Å². The van der Waals surface area contributed by atoms with Crippen LogP contribution in [0, 0.1) is 0 Å². The van der Waals surface area contributed by atoms with Gasteiger partial charge in [-0.15, -0.1) is 0 Å². The first-order chi connectivity index (χ1) is 3.27. The summed E-state index contributed by atoms with van der Waals surface area (Å²) in [6.45, 7) is 5.67. The van der Waals surface area contributed by atoms with Crippen LogP contribution >= 0.6 is 8.84 Å². The summed E-state index contributed by atoms with van der Waals surface area (Å²) < 4.78 is 17.4. The lowest BCUT2D eigenvalue weighted by molar-refractivity contribution is 0.915. The molecule has 0 N–H and O–H groups in total. The SMILES string of the molecule is CC.[3H]P(F)CC. The van der Waals surface area contributed by atoms with E-state index in [0.717, 1.165) is 0 Å². The van der Waals surface area contributed by atoms with E-state index in [9.17, 15) is 4.20 Å². The van der Waals surface area contributed by atoms with E-state index in [0.29, 0.717) is 6.16 Å². The Bertz CT molecular complexity index is 25.7. The highest BCUT2D eigenvalue weighted by Gasteiger charge is 1.60. The molecule has 0 aliphatic heterocycles. The Morgan fingerprint density at radius 2 is 2.00 bits per heavy atom. The Labute approximate surface area is 42.3 Å². The zero-order chi connectivity index (χ0) is 6.28. The maximum atomic E-state index is 11.2. The molecule has 0 aromatic carbocycles. The molecule has 0 aliphatic carbocycles. The third-order valence-corrected chi connectivity index (χ3v) is 0.359. The van der Waals surface area contributed by atoms with Gasteiger partial charge in [0.1, 0.15) is 0 Å². The van der Waals surface area contributed by atoms with Crippen molar-refractivity contribution in [1.29, 1.82) is 1.28 Å². The first-order valence-electron chi connectivity index (χ1n) is 2.64. The molecule has 0 rings (SSSR count). The van der Waals surface area contributed by atoms with Crippen molar-refractivity contribution in [3.8, 4) is 0 Å². The highest BCUT2D eigenvalue weighted by atomic mass is 31.1. The smallest absolute Gasteiger partial charge is 0.0943 e. The summed E-state index contributed by atoms with van der Waals surface area (Å²) in [4.78, 5) is 0. The highest BCUT2D eigenvalue weighted by Crippen LogP contribution is 2.05. The van der Waals surface area contributed by atoms with Gasteiger partial charge in [0.2, 0.25) is 0 Å². The standard InChI is InChI=1S/C2H6FP.C2H6/c1-2-4-3;1-2/h4H,2H2,1H3;1-2H3/i4T;. The molecule has 1 atom stereocenters. The van der Waals surface area contributed by atoms with Crippen molar-refractivity contribution < 1.29 is 4.20 Å².